The molecular weight excluding hydrogens is 238 g/mol. The molecule has 1 aromatic rings. The molecule has 102 valence electrons. The first-order chi connectivity index (χ1) is 9.10. The highest BCUT2D eigenvalue weighted by molar-refractivity contribution is 5.55. The van der Waals surface area contributed by atoms with Crippen LogP contribution in [0.15, 0.2) is 12.1 Å². The van der Waals surface area contributed by atoms with Crippen LogP contribution in [0.4, 0.5) is 11.5 Å². The van der Waals surface area contributed by atoms with Gasteiger partial charge in [0.1, 0.15) is 11.9 Å². The van der Waals surface area contributed by atoms with Gasteiger partial charge in [-0.2, -0.15) is 5.26 Å². The Morgan fingerprint density at radius 1 is 1.42 bits per heavy atom. The molecule has 19 heavy (non-hydrogen) atoms. The minimum atomic E-state index is 0.327. The van der Waals surface area contributed by atoms with Crippen molar-refractivity contribution in [2.24, 2.45) is 5.92 Å². The van der Waals surface area contributed by atoms with Gasteiger partial charge in [0, 0.05) is 19.6 Å². The largest absolute Gasteiger partial charge is 0.396 e. The Labute approximate surface area is 114 Å². The van der Waals surface area contributed by atoms with Gasteiger partial charge in [0.2, 0.25) is 0 Å². The summed E-state index contributed by atoms with van der Waals surface area (Å²) in [6.07, 6.45) is 2.35. The van der Waals surface area contributed by atoms with Gasteiger partial charge in [-0.1, -0.05) is 0 Å². The minimum absolute atomic E-state index is 0.327. The van der Waals surface area contributed by atoms with Gasteiger partial charge < -0.3 is 15.5 Å². The van der Waals surface area contributed by atoms with Crippen LogP contribution in [0.25, 0.3) is 0 Å². The Hall–Kier alpha value is -1.80. The molecule has 1 fully saturated rings. The minimum Gasteiger partial charge on any atom is -0.396 e. The molecule has 0 atom stereocenters. The van der Waals surface area contributed by atoms with Crippen molar-refractivity contribution in [3.05, 3.63) is 17.8 Å². The second kappa shape index (κ2) is 5.89. The molecule has 2 N–H and O–H groups in total. The molecule has 0 radical (unpaired) electrons. The average molecular weight is 259 g/mol. The summed E-state index contributed by atoms with van der Waals surface area (Å²) in [6, 6.07) is 5.72. The highest BCUT2D eigenvalue weighted by atomic mass is 15.2. The highest BCUT2D eigenvalue weighted by Crippen LogP contribution is 2.23. The molecule has 5 heteroatoms. The van der Waals surface area contributed by atoms with Gasteiger partial charge in [-0.05, 0) is 45.0 Å². The summed E-state index contributed by atoms with van der Waals surface area (Å²) in [5, 5.41) is 8.97. The van der Waals surface area contributed by atoms with Gasteiger partial charge >= 0.3 is 0 Å². The fraction of sp³-hybridized carbons (Fsp3) is 0.571. The van der Waals surface area contributed by atoms with Gasteiger partial charge in [-0.15, -0.1) is 0 Å². The summed E-state index contributed by atoms with van der Waals surface area (Å²) < 4.78 is 0. The number of rotatable bonds is 3. The monoisotopic (exact) mass is 259 g/mol. The lowest BCUT2D eigenvalue weighted by molar-refractivity contribution is 0.284. The van der Waals surface area contributed by atoms with Crippen LogP contribution in [-0.4, -0.2) is 43.6 Å². The Bertz CT molecular complexity index is 469. The van der Waals surface area contributed by atoms with E-state index in [1.54, 1.807) is 6.07 Å². The molecule has 0 saturated carbocycles. The summed E-state index contributed by atoms with van der Waals surface area (Å²) in [5.41, 5.74) is 6.48. The van der Waals surface area contributed by atoms with Crippen molar-refractivity contribution in [3.8, 4) is 6.07 Å². The molecule has 2 rings (SSSR count). The smallest absolute Gasteiger partial charge is 0.165 e. The predicted molar refractivity (Wildman–Crippen MR) is 76.9 cm³/mol. The molecule has 1 aromatic heterocycles. The third kappa shape index (κ3) is 3.36. The van der Waals surface area contributed by atoms with Crippen LogP contribution >= 0.6 is 0 Å². The lowest BCUT2D eigenvalue weighted by Crippen LogP contribution is -2.37. The van der Waals surface area contributed by atoms with Crippen LogP contribution in [-0.2, 0) is 0 Å². The van der Waals surface area contributed by atoms with E-state index in [0.29, 0.717) is 11.4 Å². The first kappa shape index (κ1) is 13.6. The van der Waals surface area contributed by atoms with Crippen molar-refractivity contribution in [3.63, 3.8) is 0 Å². The molecule has 1 saturated heterocycles. The van der Waals surface area contributed by atoms with Crippen LogP contribution in [0.5, 0.6) is 0 Å². The molecule has 0 amide bonds. The molecule has 1 aliphatic rings. The second-order valence-electron chi connectivity index (χ2n) is 5.41. The van der Waals surface area contributed by atoms with Crippen molar-refractivity contribution >= 4 is 11.5 Å². The van der Waals surface area contributed by atoms with Gasteiger partial charge in [-0.3, -0.25) is 0 Å². The maximum absolute atomic E-state index is 8.97. The highest BCUT2D eigenvalue weighted by Gasteiger charge is 2.21. The molecule has 1 aliphatic heterocycles. The number of nitrogens with two attached hydrogens (primary N) is 1. The summed E-state index contributed by atoms with van der Waals surface area (Å²) in [5.74, 6) is 1.63. The summed E-state index contributed by atoms with van der Waals surface area (Å²) in [4.78, 5) is 8.82. The van der Waals surface area contributed by atoms with E-state index in [1.807, 2.05) is 12.1 Å². The molecule has 5 nitrogen and oxygen atoms in total. The fourth-order valence-electron chi connectivity index (χ4n) is 2.59. The number of pyridine rings is 1. The number of nitriles is 1. The van der Waals surface area contributed by atoms with E-state index < -0.39 is 0 Å². The maximum atomic E-state index is 8.97. The zero-order valence-electron chi connectivity index (χ0n) is 11.6. The number of nitrogens with zero attached hydrogens (tertiary/aromatic N) is 4. The van der Waals surface area contributed by atoms with Crippen molar-refractivity contribution < 1.29 is 0 Å². The van der Waals surface area contributed by atoms with E-state index in [4.69, 9.17) is 11.0 Å². The molecule has 0 spiro atoms. The molecule has 0 bridgehead atoms. The molecule has 2 heterocycles. The Balaban J connectivity index is 2.00. The van der Waals surface area contributed by atoms with Crippen LogP contribution in [0.2, 0.25) is 0 Å². The third-order valence-electron chi connectivity index (χ3n) is 3.58. The van der Waals surface area contributed by atoms with Crippen molar-refractivity contribution in [1.82, 2.24) is 9.88 Å². The van der Waals surface area contributed by atoms with E-state index in [0.717, 1.165) is 31.4 Å². The number of piperidine rings is 1. The maximum Gasteiger partial charge on any atom is 0.165 e. The topological polar surface area (TPSA) is 69.2 Å². The Morgan fingerprint density at radius 2 is 2.11 bits per heavy atom. The zero-order chi connectivity index (χ0) is 13.8. The summed E-state index contributed by atoms with van der Waals surface area (Å²) in [6.45, 7) is 3.15. The average Bonchev–Trinajstić information content (AvgIpc) is 2.40. The number of aromatic nitrogens is 1. The van der Waals surface area contributed by atoms with Crippen LogP contribution in [0.3, 0.4) is 0 Å². The second-order valence-corrected chi connectivity index (χ2v) is 5.41. The predicted octanol–water partition coefficient (Wildman–Crippen LogP) is 1.31. The van der Waals surface area contributed by atoms with E-state index in [9.17, 15) is 0 Å². The number of nitrogen functional groups attached to an aromatic ring is 1. The molecular formula is C14H21N5. The molecule has 0 unspecified atom stereocenters. The van der Waals surface area contributed by atoms with Gasteiger partial charge in [-0.25, -0.2) is 4.98 Å². The van der Waals surface area contributed by atoms with Gasteiger partial charge in [0.15, 0.2) is 5.69 Å². The number of hydrogen-bond donors (Lipinski definition) is 1. The Morgan fingerprint density at radius 3 is 2.68 bits per heavy atom. The van der Waals surface area contributed by atoms with Crippen LogP contribution in [0.1, 0.15) is 18.5 Å². The van der Waals surface area contributed by atoms with Crippen molar-refractivity contribution in [2.75, 3.05) is 44.4 Å². The molecule has 0 aromatic carbocycles. The number of anilines is 2. The van der Waals surface area contributed by atoms with Gasteiger partial charge in [0.05, 0.1) is 5.69 Å². The molecule has 0 aliphatic carbocycles. The fourth-order valence-corrected chi connectivity index (χ4v) is 2.59. The van der Waals surface area contributed by atoms with E-state index in [-0.39, 0.29) is 0 Å². The van der Waals surface area contributed by atoms with Crippen molar-refractivity contribution in [1.29, 1.82) is 5.26 Å². The Kier molecular flexibility index (Phi) is 4.23. The summed E-state index contributed by atoms with van der Waals surface area (Å²) >= 11 is 0. The standard InChI is InChI=1S/C14H21N5/c1-18(2)10-11-5-7-19(8-6-11)14-4-3-12(16)13(9-15)17-14/h3-4,11H,5-8,10,16H2,1-2H3. The van der Waals surface area contributed by atoms with Gasteiger partial charge in [0.25, 0.3) is 0 Å². The number of hydrogen-bond acceptors (Lipinski definition) is 5. The van der Waals surface area contributed by atoms with Crippen LogP contribution in [0, 0.1) is 17.2 Å². The zero-order valence-corrected chi connectivity index (χ0v) is 11.6. The SMILES string of the molecule is CN(C)CC1CCN(c2ccc(N)c(C#N)n2)CC1. The first-order valence-electron chi connectivity index (χ1n) is 6.66. The van der Waals surface area contributed by atoms with E-state index in [2.05, 4.69) is 28.9 Å². The quantitative estimate of drug-likeness (QED) is 0.886. The normalized spacial score (nSPS) is 16.6. The lowest BCUT2D eigenvalue weighted by atomic mass is 9.96. The lowest BCUT2D eigenvalue weighted by Gasteiger charge is -2.34. The van der Waals surface area contributed by atoms with Crippen LogP contribution < -0.4 is 10.6 Å². The third-order valence-corrected chi connectivity index (χ3v) is 3.58. The van der Waals surface area contributed by atoms with E-state index >= 15 is 0 Å². The first-order valence-corrected chi connectivity index (χ1v) is 6.66. The van der Waals surface area contributed by atoms with E-state index in [1.165, 1.54) is 12.8 Å². The van der Waals surface area contributed by atoms with Crippen molar-refractivity contribution in [2.45, 2.75) is 12.8 Å². The summed E-state index contributed by atoms with van der Waals surface area (Å²) in [7, 11) is 4.24.